The molecule has 252 valence electrons. The maximum atomic E-state index is 13.6. The van der Waals surface area contributed by atoms with Crippen LogP contribution in [0.5, 0.6) is 5.75 Å². The molecule has 3 atom stereocenters. The summed E-state index contributed by atoms with van der Waals surface area (Å²) in [6, 6.07) is 25.0. The molecule has 0 aromatic heterocycles. The molecule has 0 aliphatic heterocycles. The summed E-state index contributed by atoms with van der Waals surface area (Å²) in [5.74, 6) is -2.83. The topological polar surface area (TPSA) is 217 Å². The van der Waals surface area contributed by atoms with E-state index in [4.69, 9.17) is 16.1 Å². The molecule has 0 spiro atoms. The number of rotatable bonds is 11. The minimum atomic E-state index is -5.13. The summed E-state index contributed by atoms with van der Waals surface area (Å²) in [5.41, 5.74) is 8.29. The minimum Gasteiger partial charge on any atom is -0.480 e. The third-order valence-corrected chi connectivity index (χ3v) is 9.45. The molecule has 3 amide bonds. The van der Waals surface area contributed by atoms with Crippen LogP contribution in [0.3, 0.4) is 0 Å². The number of imide groups is 1. The average Bonchev–Trinajstić information content (AvgIpc) is 3.06. The first-order chi connectivity index (χ1) is 22.7. The Labute approximate surface area is 279 Å². The molecular weight excluding hydrogens is 685 g/mol. The zero-order valence-corrected chi connectivity index (χ0v) is 28.0. The van der Waals surface area contributed by atoms with Crippen LogP contribution in [0.2, 0.25) is 0 Å². The van der Waals surface area contributed by atoms with Gasteiger partial charge in [-0.2, -0.15) is 0 Å². The Morgan fingerprint density at radius 2 is 1.42 bits per heavy atom. The molecule has 4 rings (SSSR count). The van der Waals surface area contributed by atoms with Crippen LogP contribution in [0.25, 0.3) is 0 Å². The molecule has 0 fully saturated rings. The molecule has 48 heavy (non-hydrogen) atoms. The van der Waals surface area contributed by atoms with Crippen molar-refractivity contribution in [1.82, 2.24) is 5.32 Å². The van der Waals surface area contributed by atoms with Crippen LogP contribution < -0.4 is 20.3 Å². The quantitative estimate of drug-likeness (QED) is 0.0751. The van der Waals surface area contributed by atoms with Crippen molar-refractivity contribution in [1.29, 1.82) is 0 Å². The molecule has 4 aromatic rings. The summed E-state index contributed by atoms with van der Waals surface area (Å²) in [5, 5.41) is 29.4. The Hall–Kier alpha value is -5.04. The third kappa shape index (κ3) is 10.8. The number of benzene rings is 4. The zero-order chi connectivity index (χ0) is 35.4. The number of nitrogens with zero attached hydrogens (tertiary/aromatic N) is 1. The van der Waals surface area contributed by atoms with Gasteiger partial charge in [-0.05, 0) is 18.9 Å². The Morgan fingerprint density at radius 1 is 0.854 bits per heavy atom. The number of nitrogens with one attached hydrogen (secondary N) is 1. The summed E-state index contributed by atoms with van der Waals surface area (Å²) in [6.45, 7) is 3.04. The zero-order valence-electron chi connectivity index (χ0n) is 26.1. The maximum absolute atomic E-state index is 13.6. The van der Waals surface area contributed by atoms with Gasteiger partial charge in [-0.25, -0.2) is 0 Å². The fourth-order valence-corrected chi connectivity index (χ4v) is 5.73. The summed E-state index contributed by atoms with van der Waals surface area (Å²) < 4.78 is 25.0. The van der Waals surface area contributed by atoms with Crippen LogP contribution in [0.4, 0.5) is 5.69 Å². The van der Waals surface area contributed by atoms with E-state index in [2.05, 4.69) is 9.19 Å². The van der Waals surface area contributed by atoms with Gasteiger partial charge in [0, 0.05) is 0 Å². The number of aryl methyl sites for hydroxylation is 1. The van der Waals surface area contributed by atoms with E-state index in [9.17, 15) is 32.1 Å². The van der Waals surface area contributed by atoms with Gasteiger partial charge in [-0.15, -0.1) is 0 Å². The summed E-state index contributed by atoms with van der Waals surface area (Å²) in [4.78, 5) is 50.3. The van der Waals surface area contributed by atoms with Crippen LogP contribution in [0.1, 0.15) is 34.0 Å². The van der Waals surface area contributed by atoms with Gasteiger partial charge in [0.05, 0.1) is 0 Å². The van der Waals surface area contributed by atoms with Crippen molar-refractivity contribution in [2.45, 2.75) is 38.8 Å². The smallest absolute Gasteiger partial charge is 0.320 e. The number of carboxylic acids is 1. The molecule has 13 nitrogen and oxygen atoms in total. The first kappa shape index (κ1) is 37.4. The number of aromatic hydroxyl groups is 1. The van der Waals surface area contributed by atoms with Gasteiger partial charge in [-0.3, -0.25) is 4.79 Å². The Kier molecular flexibility index (Phi) is 13.4. The van der Waals surface area contributed by atoms with Gasteiger partial charge in [0.1, 0.15) is 6.04 Å². The SMILES string of the molecule is CC(=O)N(C(=O)C(Cc1ccc(O)cc1)NC(=O)c1ccc(C)cc1)c1ccc([As](=O)(O)OO)cc1.NC(Cc1ccccc1)C(=O)O. The number of phenols is 1. The number of phenolic OH excluding ortho intramolecular Hbond substituents is 1. The summed E-state index contributed by atoms with van der Waals surface area (Å²) in [6.07, 6.45) is 0.405. The number of hydrogen-bond acceptors (Lipinski definition) is 9. The maximum Gasteiger partial charge on any atom is 0.320 e. The number of carbonyl (C=O) groups excluding carboxylic acids is 3. The molecule has 0 saturated heterocycles. The Balaban J connectivity index is 0.000000437. The van der Waals surface area contributed by atoms with E-state index in [1.54, 1.807) is 36.4 Å². The molecule has 0 aliphatic carbocycles. The summed E-state index contributed by atoms with van der Waals surface area (Å²) in [7, 11) is 0. The molecule has 0 saturated carbocycles. The third-order valence-electron chi connectivity index (χ3n) is 6.99. The van der Waals surface area contributed by atoms with Gasteiger partial charge in [-0.1, -0.05) is 35.9 Å². The van der Waals surface area contributed by atoms with Crippen molar-refractivity contribution in [2.24, 2.45) is 5.73 Å². The van der Waals surface area contributed by atoms with Gasteiger partial charge in [0.15, 0.2) is 0 Å². The van der Waals surface area contributed by atoms with E-state index in [0.717, 1.165) is 28.2 Å². The molecule has 0 radical (unpaired) electrons. The van der Waals surface area contributed by atoms with E-state index < -0.39 is 49.9 Å². The Bertz CT molecular complexity index is 1750. The van der Waals surface area contributed by atoms with Crippen LogP contribution in [-0.4, -0.2) is 69.5 Å². The van der Waals surface area contributed by atoms with Crippen molar-refractivity contribution in [2.75, 3.05) is 4.90 Å². The predicted molar refractivity (Wildman–Crippen MR) is 177 cm³/mol. The average molecular weight is 722 g/mol. The van der Waals surface area contributed by atoms with Crippen molar-refractivity contribution in [3.8, 4) is 5.75 Å². The summed E-state index contributed by atoms with van der Waals surface area (Å²) >= 11 is -5.13. The number of nitrogens with two attached hydrogens (primary N) is 1. The molecule has 0 aliphatic rings. The number of carboxylic acid groups (broad SMARTS) is 1. The molecule has 4 aromatic carbocycles. The Morgan fingerprint density at radius 3 is 1.94 bits per heavy atom. The van der Waals surface area contributed by atoms with E-state index in [-0.39, 0.29) is 22.2 Å². The first-order valence-electron chi connectivity index (χ1n) is 14.5. The number of hydrogen-bond donors (Lipinski definition) is 6. The van der Waals surface area contributed by atoms with Gasteiger partial charge >= 0.3 is 199 Å². The van der Waals surface area contributed by atoms with Crippen molar-refractivity contribution < 1.29 is 46.4 Å². The second kappa shape index (κ2) is 17.2. The molecule has 0 bridgehead atoms. The molecule has 0 heterocycles. The number of aliphatic carboxylic acids is 1. The van der Waals surface area contributed by atoms with Crippen molar-refractivity contribution >= 4 is 47.9 Å². The van der Waals surface area contributed by atoms with Crippen molar-refractivity contribution in [3.05, 3.63) is 125 Å². The van der Waals surface area contributed by atoms with Crippen LogP contribution in [0.15, 0.2) is 103 Å². The largest absolute Gasteiger partial charge is 0.480 e. The van der Waals surface area contributed by atoms with Gasteiger partial charge in [0.2, 0.25) is 0 Å². The van der Waals surface area contributed by atoms with E-state index in [1.807, 2.05) is 37.3 Å². The minimum absolute atomic E-state index is 0.0196. The van der Waals surface area contributed by atoms with E-state index in [0.29, 0.717) is 17.5 Å². The monoisotopic (exact) mass is 721 g/mol. The predicted octanol–water partition coefficient (Wildman–Crippen LogP) is 2.32. The number of carbonyl (C=O) groups is 4. The fourth-order valence-electron chi connectivity index (χ4n) is 4.43. The first-order valence-corrected chi connectivity index (χ1v) is 17.8. The number of anilines is 1. The van der Waals surface area contributed by atoms with Crippen LogP contribution >= 0.6 is 0 Å². The second-order valence-electron chi connectivity index (χ2n) is 10.7. The van der Waals surface area contributed by atoms with Gasteiger partial charge in [0.25, 0.3) is 0 Å². The second-order valence-corrected chi connectivity index (χ2v) is 14.3. The molecule has 7 N–H and O–H groups in total. The van der Waals surface area contributed by atoms with E-state index in [1.165, 1.54) is 31.2 Å². The normalized spacial score (nSPS) is 13.1. The standard InChI is InChI=1S/C25H25AsN2O8.C9H11NO2/c1-16-3-7-19(8-4-16)24(31)27-23(15-18-5-13-22(30)14-6-18)25(32)28(17(2)29)21-11-9-20(10-12-21)26(33,34)36-35;10-8(9(11)12)6-7-4-2-1-3-5-7/h3-14,23,30,35H,15H2,1-2H3,(H,27,31)(H,33,34);1-5,8H,6,10H2,(H,11,12). The van der Waals surface area contributed by atoms with E-state index >= 15 is 0 Å². The van der Waals surface area contributed by atoms with Crippen LogP contribution in [-0.2, 0) is 34.8 Å². The molecule has 3 unspecified atom stereocenters. The number of amides is 3. The molecular formula is C34H36AsN3O10. The molecule has 14 heteroatoms. The van der Waals surface area contributed by atoms with Crippen molar-refractivity contribution in [3.63, 3.8) is 0 Å². The van der Waals surface area contributed by atoms with Crippen LogP contribution in [0, 0.1) is 6.92 Å². The van der Waals surface area contributed by atoms with Gasteiger partial charge < -0.3 is 15.9 Å². The fraction of sp³-hybridized carbons (Fsp3) is 0.176.